The van der Waals surface area contributed by atoms with Crippen molar-refractivity contribution in [2.45, 2.75) is 32.7 Å². The van der Waals surface area contributed by atoms with Crippen LogP contribution in [0.25, 0.3) is 0 Å². The van der Waals surface area contributed by atoms with Crippen LogP contribution < -0.4 is 5.32 Å². The molecule has 1 aromatic rings. The third kappa shape index (κ3) is 6.39. The van der Waals surface area contributed by atoms with Gasteiger partial charge in [0, 0.05) is 24.7 Å². The Morgan fingerprint density at radius 3 is 2.81 bits per heavy atom. The molecular weight excluding hydrogens is 266 g/mol. The summed E-state index contributed by atoms with van der Waals surface area (Å²) in [6.07, 6.45) is 1.16. The van der Waals surface area contributed by atoms with Crippen molar-refractivity contribution in [1.29, 1.82) is 5.26 Å². The van der Waals surface area contributed by atoms with E-state index in [-0.39, 0.29) is 12.5 Å². The van der Waals surface area contributed by atoms with Crippen LogP contribution in [0.2, 0.25) is 0 Å². The van der Waals surface area contributed by atoms with E-state index >= 15 is 0 Å². The van der Waals surface area contributed by atoms with Gasteiger partial charge in [0.05, 0.1) is 18.2 Å². The zero-order valence-electron chi connectivity index (χ0n) is 12.7. The van der Waals surface area contributed by atoms with Gasteiger partial charge in [-0.05, 0) is 45.0 Å². The van der Waals surface area contributed by atoms with Gasteiger partial charge < -0.3 is 10.4 Å². The number of carbonyl (C=O) groups is 1. The molecule has 0 aliphatic rings. The molecule has 0 heterocycles. The molecule has 5 heteroatoms. The minimum atomic E-state index is -0.0576. The Hall–Kier alpha value is -1.90. The largest absolute Gasteiger partial charge is 0.395 e. The predicted octanol–water partition coefficient (Wildman–Crippen LogP) is 1.98. The summed E-state index contributed by atoms with van der Waals surface area (Å²) in [6, 6.07) is 9.27. The number of nitrogens with zero attached hydrogens (tertiary/aromatic N) is 2. The first-order valence-electron chi connectivity index (χ1n) is 7.21. The van der Waals surface area contributed by atoms with Gasteiger partial charge in [0.25, 0.3) is 0 Å². The minimum Gasteiger partial charge on any atom is -0.395 e. The Kier molecular flexibility index (Phi) is 7.44. The molecule has 0 aliphatic heterocycles. The van der Waals surface area contributed by atoms with Crippen molar-refractivity contribution in [2.75, 3.05) is 25.0 Å². The van der Waals surface area contributed by atoms with Crippen molar-refractivity contribution in [1.82, 2.24) is 4.90 Å². The summed E-state index contributed by atoms with van der Waals surface area (Å²) in [5.41, 5.74) is 1.18. The van der Waals surface area contributed by atoms with Crippen molar-refractivity contribution in [3.8, 4) is 6.07 Å². The lowest BCUT2D eigenvalue weighted by atomic mass is 10.2. The van der Waals surface area contributed by atoms with Gasteiger partial charge in [0.2, 0.25) is 5.91 Å². The molecule has 114 valence electrons. The molecule has 1 rings (SSSR count). The first-order chi connectivity index (χ1) is 10.1. The summed E-state index contributed by atoms with van der Waals surface area (Å²) in [4.78, 5) is 14.0. The van der Waals surface area contributed by atoms with Crippen molar-refractivity contribution in [2.24, 2.45) is 0 Å². The summed E-state index contributed by atoms with van der Waals surface area (Å²) in [5, 5.41) is 20.6. The van der Waals surface area contributed by atoms with Crippen molar-refractivity contribution >= 4 is 11.6 Å². The normalized spacial score (nSPS) is 10.7. The molecule has 0 saturated heterocycles. The molecule has 0 spiro atoms. The van der Waals surface area contributed by atoms with Crippen LogP contribution >= 0.6 is 0 Å². The van der Waals surface area contributed by atoms with E-state index in [2.05, 4.69) is 24.1 Å². The smallest absolute Gasteiger partial charge is 0.224 e. The van der Waals surface area contributed by atoms with E-state index in [4.69, 9.17) is 10.4 Å². The number of anilines is 1. The first kappa shape index (κ1) is 17.2. The average Bonchev–Trinajstić information content (AvgIpc) is 2.46. The molecule has 5 nitrogen and oxygen atoms in total. The van der Waals surface area contributed by atoms with Gasteiger partial charge in [-0.15, -0.1) is 0 Å². The van der Waals surface area contributed by atoms with Gasteiger partial charge in [-0.2, -0.15) is 5.26 Å². The quantitative estimate of drug-likeness (QED) is 0.767. The number of hydrogen-bond donors (Lipinski definition) is 2. The van der Waals surface area contributed by atoms with Crippen LogP contribution in [-0.4, -0.2) is 41.7 Å². The summed E-state index contributed by atoms with van der Waals surface area (Å²) in [5.74, 6) is -0.0576. The van der Waals surface area contributed by atoms with Crippen LogP contribution in [0, 0.1) is 11.3 Å². The lowest BCUT2D eigenvalue weighted by Crippen LogP contribution is -2.34. The van der Waals surface area contributed by atoms with Gasteiger partial charge >= 0.3 is 0 Å². The Morgan fingerprint density at radius 1 is 1.43 bits per heavy atom. The molecule has 21 heavy (non-hydrogen) atoms. The number of benzene rings is 1. The fraction of sp³-hybridized carbons (Fsp3) is 0.500. The summed E-state index contributed by atoms with van der Waals surface area (Å²) >= 11 is 0. The second kappa shape index (κ2) is 9.11. The molecule has 0 radical (unpaired) electrons. The Bertz CT molecular complexity index is 495. The van der Waals surface area contributed by atoms with Gasteiger partial charge in [-0.3, -0.25) is 9.69 Å². The number of rotatable bonds is 8. The molecular formula is C16H23N3O2. The predicted molar refractivity (Wildman–Crippen MR) is 82.8 cm³/mol. The third-order valence-corrected chi connectivity index (χ3v) is 3.24. The molecule has 0 fully saturated rings. The van der Waals surface area contributed by atoms with Gasteiger partial charge in [0.15, 0.2) is 0 Å². The van der Waals surface area contributed by atoms with Crippen LogP contribution in [0.4, 0.5) is 5.69 Å². The van der Waals surface area contributed by atoms with E-state index in [1.807, 2.05) is 6.07 Å². The van der Waals surface area contributed by atoms with E-state index in [1.165, 1.54) is 0 Å². The Morgan fingerprint density at radius 2 is 2.19 bits per heavy atom. The third-order valence-electron chi connectivity index (χ3n) is 3.24. The van der Waals surface area contributed by atoms with Crippen molar-refractivity contribution < 1.29 is 9.90 Å². The van der Waals surface area contributed by atoms with Crippen molar-refractivity contribution in [3.63, 3.8) is 0 Å². The molecule has 0 saturated carbocycles. The second-order valence-corrected chi connectivity index (χ2v) is 5.20. The molecule has 0 aromatic heterocycles. The number of aliphatic hydroxyl groups is 1. The lowest BCUT2D eigenvalue weighted by Gasteiger charge is -2.25. The van der Waals surface area contributed by atoms with Crippen LogP contribution in [0.1, 0.15) is 32.3 Å². The maximum atomic E-state index is 11.9. The minimum absolute atomic E-state index is 0.0576. The van der Waals surface area contributed by atoms with E-state index in [1.54, 1.807) is 24.3 Å². The van der Waals surface area contributed by atoms with Crippen molar-refractivity contribution in [3.05, 3.63) is 29.8 Å². The van der Waals surface area contributed by atoms with Crippen LogP contribution in [-0.2, 0) is 4.79 Å². The molecule has 2 N–H and O–H groups in total. The number of carbonyl (C=O) groups excluding carboxylic acids is 1. The number of aliphatic hydroxyl groups excluding tert-OH is 1. The highest BCUT2D eigenvalue weighted by molar-refractivity contribution is 5.90. The van der Waals surface area contributed by atoms with E-state index < -0.39 is 0 Å². The van der Waals surface area contributed by atoms with Crippen LogP contribution in [0.3, 0.4) is 0 Å². The lowest BCUT2D eigenvalue weighted by molar-refractivity contribution is -0.116. The van der Waals surface area contributed by atoms with Crippen LogP contribution in [0.15, 0.2) is 24.3 Å². The highest BCUT2D eigenvalue weighted by atomic mass is 16.3. The van der Waals surface area contributed by atoms with E-state index in [9.17, 15) is 4.79 Å². The molecule has 1 amide bonds. The highest BCUT2D eigenvalue weighted by Gasteiger charge is 2.09. The van der Waals surface area contributed by atoms with Gasteiger partial charge in [-0.25, -0.2) is 0 Å². The standard InChI is InChI=1S/C16H23N3O2/c1-13(2)19(9-10-20)8-4-7-16(21)18-15-6-3-5-14(11-15)12-17/h3,5-6,11,13,20H,4,7-10H2,1-2H3,(H,18,21). The van der Waals surface area contributed by atoms with Crippen LogP contribution in [0.5, 0.6) is 0 Å². The number of nitriles is 1. The van der Waals surface area contributed by atoms with E-state index in [0.717, 1.165) is 13.0 Å². The molecule has 1 aromatic carbocycles. The first-order valence-corrected chi connectivity index (χ1v) is 7.21. The molecule has 0 aliphatic carbocycles. The summed E-state index contributed by atoms with van der Waals surface area (Å²) in [6.45, 7) is 5.69. The van der Waals surface area contributed by atoms with Gasteiger partial charge in [-0.1, -0.05) is 6.07 Å². The molecule has 0 atom stereocenters. The summed E-state index contributed by atoms with van der Waals surface area (Å²) in [7, 11) is 0. The fourth-order valence-electron chi connectivity index (χ4n) is 2.09. The monoisotopic (exact) mass is 289 g/mol. The second-order valence-electron chi connectivity index (χ2n) is 5.20. The summed E-state index contributed by atoms with van der Waals surface area (Å²) < 4.78 is 0. The number of nitrogens with one attached hydrogen (secondary N) is 1. The molecule has 0 bridgehead atoms. The highest BCUT2D eigenvalue weighted by Crippen LogP contribution is 2.10. The SMILES string of the molecule is CC(C)N(CCO)CCCC(=O)Nc1cccc(C#N)c1. The molecule has 0 unspecified atom stereocenters. The Balaban J connectivity index is 2.38. The zero-order valence-corrected chi connectivity index (χ0v) is 12.7. The zero-order chi connectivity index (χ0) is 15.7. The Labute approximate surface area is 126 Å². The fourth-order valence-corrected chi connectivity index (χ4v) is 2.09. The average molecular weight is 289 g/mol. The number of amides is 1. The maximum Gasteiger partial charge on any atom is 0.224 e. The number of hydrogen-bond acceptors (Lipinski definition) is 4. The topological polar surface area (TPSA) is 76.4 Å². The van der Waals surface area contributed by atoms with Gasteiger partial charge in [0.1, 0.15) is 0 Å². The van der Waals surface area contributed by atoms with E-state index in [0.29, 0.717) is 30.3 Å². The maximum absolute atomic E-state index is 11.9.